The van der Waals surface area contributed by atoms with Gasteiger partial charge in [-0.05, 0) is 55.6 Å². The first-order valence-electron chi connectivity index (χ1n) is 10.5. The highest BCUT2D eigenvalue weighted by molar-refractivity contribution is 5.89. The van der Waals surface area contributed by atoms with E-state index in [0.29, 0.717) is 24.6 Å². The number of carbonyl (C=O) groups excluding carboxylic acids is 1. The summed E-state index contributed by atoms with van der Waals surface area (Å²) in [7, 11) is 1.36. The number of carbonyl (C=O) groups is 2. The quantitative estimate of drug-likeness (QED) is 0.763. The Bertz CT molecular complexity index is 895. The van der Waals surface area contributed by atoms with Crippen molar-refractivity contribution < 1.29 is 19.4 Å². The van der Waals surface area contributed by atoms with Gasteiger partial charge in [-0.1, -0.05) is 42.5 Å². The van der Waals surface area contributed by atoms with Crippen molar-refractivity contribution in [1.29, 1.82) is 0 Å². The first-order chi connectivity index (χ1) is 14.5. The molecule has 0 aromatic heterocycles. The van der Waals surface area contributed by atoms with Gasteiger partial charge in [0.25, 0.3) is 0 Å². The van der Waals surface area contributed by atoms with Gasteiger partial charge in [0.05, 0.1) is 18.2 Å². The summed E-state index contributed by atoms with van der Waals surface area (Å²) in [5, 5.41) is 10.1. The third-order valence-electron chi connectivity index (χ3n) is 6.60. The summed E-state index contributed by atoms with van der Waals surface area (Å²) in [6.45, 7) is 2.67. The van der Waals surface area contributed by atoms with E-state index in [1.54, 1.807) is 17.0 Å². The molecule has 2 atom stereocenters. The van der Waals surface area contributed by atoms with E-state index in [9.17, 15) is 14.7 Å². The molecule has 0 bridgehead atoms. The van der Waals surface area contributed by atoms with Crippen LogP contribution in [0.3, 0.4) is 0 Å². The maximum absolute atomic E-state index is 12.4. The van der Waals surface area contributed by atoms with Gasteiger partial charge >= 0.3 is 12.1 Å². The molecule has 2 heterocycles. The molecular formula is C24H28N2O4. The minimum Gasteiger partial charge on any atom is -0.465 e. The molecule has 0 saturated carbocycles. The van der Waals surface area contributed by atoms with Gasteiger partial charge in [-0.15, -0.1) is 0 Å². The van der Waals surface area contributed by atoms with Gasteiger partial charge in [0, 0.05) is 19.0 Å². The van der Waals surface area contributed by atoms with Crippen LogP contribution in [0.2, 0.25) is 0 Å². The zero-order valence-corrected chi connectivity index (χ0v) is 17.3. The molecule has 158 valence electrons. The van der Waals surface area contributed by atoms with E-state index in [4.69, 9.17) is 4.74 Å². The average Bonchev–Trinajstić information content (AvgIpc) is 2.72. The zero-order chi connectivity index (χ0) is 21.1. The minimum absolute atomic E-state index is 0.360. The Balaban J connectivity index is 1.77. The first-order valence-corrected chi connectivity index (χ1v) is 10.5. The van der Waals surface area contributed by atoms with E-state index in [1.165, 1.54) is 13.5 Å². The number of piperidine rings is 1. The molecule has 1 unspecified atom stereocenters. The van der Waals surface area contributed by atoms with Crippen molar-refractivity contribution in [2.45, 2.75) is 37.3 Å². The summed E-state index contributed by atoms with van der Waals surface area (Å²) in [6.07, 6.45) is 2.50. The summed E-state index contributed by atoms with van der Waals surface area (Å²) in [5.41, 5.74) is 1.81. The summed E-state index contributed by atoms with van der Waals surface area (Å²) in [4.78, 5) is 28.3. The highest BCUT2D eigenvalue weighted by atomic mass is 16.5. The van der Waals surface area contributed by atoms with E-state index in [2.05, 4.69) is 17.0 Å². The lowest BCUT2D eigenvalue weighted by Crippen LogP contribution is -2.60. The Kier molecular flexibility index (Phi) is 5.77. The van der Waals surface area contributed by atoms with E-state index in [1.807, 2.05) is 30.3 Å². The van der Waals surface area contributed by atoms with Crippen LogP contribution in [0.4, 0.5) is 4.79 Å². The van der Waals surface area contributed by atoms with Crippen molar-refractivity contribution in [3.8, 4) is 0 Å². The van der Waals surface area contributed by atoms with Crippen LogP contribution in [0.5, 0.6) is 0 Å². The zero-order valence-electron chi connectivity index (χ0n) is 17.3. The largest absolute Gasteiger partial charge is 0.465 e. The molecule has 4 rings (SSSR count). The van der Waals surface area contributed by atoms with Crippen LogP contribution < -0.4 is 0 Å². The van der Waals surface area contributed by atoms with Crippen LogP contribution in [-0.4, -0.2) is 59.8 Å². The fourth-order valence-corrected chi connectivity index (χ4v) is 4.90. The SMILES string of the molecule is COC(=O)c1ccc([C@]2(Cc3ccccc3)CC(N3CCC3)CCN2C(=O)O)cc1. The van der Waals surface area contributed by atoms with Crippen molar-refractivity contribution >= 4 is 12.1 Å². The molecule has 2 aromatic carbocycles. The predicted octanol–water partition coefficient (Wildman–Crippen LogP) is 3.76. The Morgan fingerprint density at radius 3 is 2.33 bits per heavy atom. The summed E-state index contributed by atoms with van der Waals surface area (Å²) in [5.74, 6) is -0.393. The fraction of sp³-hybridized carbons (Fsp3) is 0.417. The second kappa shape index (κ2) is 8.48. The van der Waals surface area contributed by atoms with Gasteiger partial charge in [-0.25, -0.2) is 9.59 Å². The lowest BCUT2D eigenvalue weighted by Gasteiger charge is -2.52. The topological polar surface area (TPSA) is 70.1 Å². The lowest BCUT2D eigenvalue weighted by molar-refractivity contribution is -0.0144. The highest BCUT2D eigenvalue weighted by Crippen LogP contribution is 2.43. The van der Waals surface area contributed by atoms with Crippen LogP contribution in [-0.2, 0) is 16.7 Å². The van der Waals surface area contributed by atoms with Gasteiger partial charge < -0.3 is 14.7 Å². The predicted molar refractivity (Wildman–Crippen MR) is 114 cm³/mol. The number of hydrogen-bond donors (Lipinski definition) is 1. The third-order valence-corrected chi connectivity index (χ3v) is 6.60. The number of methoxy groups -OCH3 is 1. The second-order valence-electron chi connectivity index (χ2n) is 8.23. The van der Waals surface area contributed by atoms with E-state index < -0.39 is 17.6 Å². The van der Waals surface area contributed by atoms with Gasteiger partial charge in [-0.3, -0.25) is 4.90 Å². The number of nitrogens with zero attached hydrogens (tertiary/aromatic N) is 2. The Morgan fingerprint density at radius 1 is 1.07 bits per heavy atom. The van der Waals surface area contributed by atoms with Gasteiger partial charge in [0.15, 0.2) is 0 Å². The van der Waals surface area contributed by atoms with Crippen LogP contribution in [0.25, 0.3) is 0 Å². The van der Waals surface area contributed by atoms with E-state index in [-0.39, 0.29) is 0 Å². The highest BCUT2D eigenvalue weighted by Gasteiger charge is 2.48. The molecule has 6 nitrogen and oxygen atoms in total. The van der Waals surface area contributed by atoms with Crippen molar-refractivity contribution in [2.75, 3.05) is 26.7 Å². The molecule has 0 spiro atoms. The second-order valence-corrected chi connectivity index (χ2v) is 8.23. The first kappa shape index (κ1) is 20.4. The third kappa shape index (κ3) is 3.79. The number of benzene rings is 2. The van der Waals surface area contributed by atoms with Crippen molar-refractivity contribution in [2.24, 2.45) is 0 Å². The molecule has 6 heteroatoms. The average molecular weight is 408 g/mol. The number of carboxylic acid groups (broad SMARTS) is 1. The van der Waals surface area contributed by atoms with Crippen molar-refractivity contribution in [3.05, 3.63) is 71.3 Å². The molecule has 30 heavy (non-hydrogen) atoms. The molecule has 2 aromatic rings. The maximum atomic E-state index is 12.4. The van der Waals surface area contributed by atoms with Crippen LogP contribution >= 0.6 is 0 Å². The van der Waals surface area contributed by atoms with Crippen LogP contribution in [0.1, 0.15) is 40.7 Å². The van der Waals surface area contributed by atoms with Gasteiger partial charge in [0.1, 0.15) is 0 Å². The fourth-order valence-electron chi connectivity index (χ4n) is 4.90. The number of esters is 1. The molecular weight excluding hydrogens is 380 g/mol. The van der Waals surface area contributed by atoms with E-state index >= 15 is 0 Å². The molecule has 2 aliphatic rings. The maximum Gasteiger partial charge on any atom is 0.408 e. The molecule has 2 fully saturated rings. The van der Waals surface area contributed by atoms with Crippen LogP contribution in [0, 0.1) is 0 Å². The summed E-state index contributed by atoms with van der Waals surface area (Å²) < 4.78 is 4.82. The molecule has 2 aliphatic heterocycles. The normalized spacial score (nSPS) is 24.2. The number of ether oxygens (including phenoxy) is 1. The van der Waals surface area contributed by atoms with E-state index in [0.717, 1.165) is 37.1 Å². The monoisotopic (exact) mass is 408 g/mol. The molecule has 1 amide bonds. The smallest absolute Gasteiger partial charge is 0.408 e. The number of likely N-dealkylation sites (tertiary alicyclic amines) is 2. The van der Waals surface area contributed by atoms with Crippen molar-refractivity contribution in [1.82, 2.24) is 9.80 Å². The molecule has 0 aliphatic carbocycles. The number of amides is 1. The minimum atomic E-state index is -0.898. The number of hydrogen-bond acceptors (Lipinski definition) is 4. The molecule has 2 saturated heterocycles. The summed E-state index contributed by atoms with van der Waals surface area (Å²) in [6, 6.07) is 17.7. The van der Waals surface area contributed by atoms with Gasteiger partial charge in [0.2, 0.25) is 0 Å². The Hall–Kier alpha value is -2.86. The summed E-state index contributed by atoms with van der Waals surface area (Å²) >= 11 is 0. The van der Waals surface area contributed by atoms with Crippen molar-refractivity contribution in [3.63, 3.8) is 0 Å². The molecule has 1 N–H and O–H groups in total. The van der Waals surface area contributed by atoms with Crippen LogP contribution in [0.15, 0.2) is 54.6 Å². The van der Waals surface area contributed by atoms with Gasteiger partial charge in [-0.2, -0.15) is 0 Å². The Morgan fingerprint density at radius 2 is 1.77 bits per heavy atom. The lowest BCUT2D eigenvalue weighted by atomic mass is 9.73. The standard InChI is InChI=1S/C24H28N2O4/c1-30-22(27)19-8-10-20(11-9-19)24(16-18-6-3-2-4-7-18)17-21(25-13-5-14-25)12-15-26(24)23(28)29/h2-4,6-11,21H,5,12-17H2,1H3,(H,28,29)/t21?,24-/m0/s1. The number of rotatable bonds is 5. The Labute approximate surface area is 177 Å². The molecule has 0 radical (unpaired) electrons.